The van der Waals surface area contributed by atoms with Crippen LogP contribution in [0, 0.1) is 5.82 Å². The van der Waals surface area contributed by atoms with Gasteiger partial charge in [0, 0.05) is 19.5 Å². The van der Waals surface area contributed by atoms with Crippen LogP contribution in [0.4, 0.5) is 4.39 Å². The predicted molar refractivity (Wildman–Crippen MR) is 71.6 cm³/mol. The van der Waals surface area contributed by atoms with E-state index >= 15 is 0 Å². The van der Waals surface area contributed by atoms with Gasteiger partial charge in [-0.3, -0.25) is 9.69 Å². The molecule has 0 aliphatic carbocycles. The second-order valence-corrected chi connectivity index (χ2v) is 4.93. The summed E-state index contributed by atoms with van der Waals surface area (Å²) in [5.74, 6) is -0.270. The summed E-state index contributed by atoms with van der Waals surface area (Å²) in [4.78, 5) is 14.4. The van der Waals surface area contributed by atoms with Crippen LogP contribution in [0.5, 0.6) is 0 Å². The highest BCUT2D eigenvalue weighted by molar-refractivity contribution is 5.85. The van der Waals surface area contributed by atoms with Crippen LogP contribution in [0.1, 0.15) is 18.9 Å². The smallest absolute Gasteiger partial charge is 0.167 e. The molecule has 0 aromatic heterocycles. The first-order valence-electron chi connectivity index (χ1n) is 6.80. The van der Waals surface area contributed by atoms with E-state index in [9.17, 15) is 9.18 Å². The zero-order valence-corrected chi connectivity index (χ0v) is 11.3. The Hall–Kier alpha value is -1.26. The van der Waals surface area contributed by atoms with Crippen LogP contribution in [0.3, 0.4) is 0 Å². The molecule has 1 heterocycles. The third-order valence-electron chi connectivity index (χ3n) is 3.32. The summed E-state index contributed by atoms with van der Waals surface area (Å²) >= 11 is 0. The number of hydrogen-bond donors (Lipinski definition) is 0. The number of Topliss-reactive ketones (excluding diaryl/α,β-unsaturated/α-hetero) is 1. The fraction of sp³-hybridized carbons (Fsp3) is 0.533. The number of carbonyl (C=O) groups excluding carboxylic acids is 1. The van der Waals surface area contributed by atoms with Crippen molar-refractivity contribution in [2.45, 2.75) is 25.9 Å². The molecule has 1 atom stereocenters. The van der Waals surface area contributed by atoms with Crippen LogP contribution < -0.4 is 0 Å². The van der Waals surface area contributed by atoms with E-state index in [2.05, 4.69) is 11.8 Å². The highest BCUT2D eigenvalue weighted by Crippen LogP contribution is 2.11. The summed E-state index contributed by atoms with van der Waals surface area (Å²) in [5, 5.41) is 0. The predicted octanol–water partition coefficient (Wildman–Crippen LogP) is 2.05. The summed E-state index contributed by atoms with van der Waals surface area (Å²) in [7, 11) is 0. The molecule has 1 saturated heterocycles. The minimum atomic E-state index is -0.372. The molecular formula is C15H20FNO2. The van der Waals surface area contributed by atoms with E-state index in [1.165, 1.54) is 12.1 Å². The van der Waals surface area contributed by atoms with Crippen molar-refractivity contribution >= 4 is 5.78 Å². The van der Waals surface area contributed by atoms with Gasteiger partial charge in [0.1, 0.15) is 11.9 Å². The molecule has 1 aliphatic heterocycles. The molecule has 19 heavy (non-hydrogen) atoms. The molecule has 1 aliphatic rings. The Morgan fingerprint density at radius 1 is 1.53 bits per heavy atom. The van der Waals surface area contributed by atoms with Crippen molar-refractivity contribution in [2.24, 2.45) is 0 Å². The van der Waals surface area contributed by atoms with Crippen molar-refractivity contribution < 1.29 is 13.9 Å². The maximum atomic E-state index is 13.1. The maximum Gasteiger partial charge on any atom is 0.167 e. The first kappa shape index (κ1) is 14.2. The number of morpholine rings is 1. The maximum absolute atomic E-state index is 13.1. The van der Waals surface area contributed by atoms with Gasteiger partial charge in [-0.05, 0) is 30.7 Å². The van der Waals surface area contributed by atoms with Gasteiger partial charge in [-0.2, -0.15) is 0 Å². The molecule has 1 aromatic carbocycles. The number of hydrogen-bond acceptors (Lipinski definition) is 3. The van der Waals surface area contributed by atoms with Gasteiger partial charge in [0.25, 0.3) is 0 Å². The Labute approximate surface area is 113 Å². The molecule has 1 unspecified atom stereocenters. The van der Waals surface area contributed by atoms with E-state index in [0.29, 0.717) is 18.7 Å². The van der Waals surface area contributed by atoms with Crippen molar-refractivity contribution in [3.05, 3.63) is 35.6 Å². The first-order valence-corrected chi connectivity index (χ1v) is 6.80. The van der Waals surface area contributed by atoms with Crippen molar-refractivity contribution in [2.75, 3.05) is 26.2 Å². The van der Waals surface area contributed by atoms with Crippen LogP contribution in [0.25, 0.3) is 0 Å². The summed E-state index contributed by atoms with van der Waals surface area (Å²) in [6.07, 6.45) is 0.941. The van der Waals surface area contributed by atoms with Crippen molar-refractivity contribution in [3.8, 4) is 0 Å². The molecule has 0 amide bonds. The van der Waals surface area contributed by atoms with Crippen molar-refractivity contribution in [1.29, 1.82) is 0 Å². The first-order chi connectivity index (χ1) is 9.19. The molecule has 0 radical (unpaired) electrons. The number of ether oxygens (including phenoxy) is 1. The Kier molecular flexibility index (Phi) is 5.05. The fourth-order valence-electron chi connectivity index (χ4n) is 2.38. The molecule has 0 saturated carbocycles. The molecule has 1 aromatic rings. The summed E-state index contributed by atoms with van der Waals surface area (Å²) in [6.45, 7) is 5.26. The molecule has 104 valence electrons. The van der Waals surface area contributed by atoms with Gasteiger partial charge in [0.05, 0.1) is 6.61 Å². The van der Waals surface area contributed by atoms with E-state index in [0.717, 1.165) is 19.5 Å². The van der Waals surface area contributed by atoms with E-state index in [1.54, 1.807) is 12.1 Å². The van der Waals surface area contributed by atoms with Crippen LogP contribution in [-0.4, -0.2) is 43.0 Å². The third kappa shape index (κ3) is 4.11. The lowest BCUT2D eigenvalue weighted by Gasteiger charge is -2.31. The van der Waals surface area contributed by atoms with Gasteiger partial charge < -0.3 is 4.74 Å². The average molecular weight is 265 g/mol. The van der Waals surface area contributed by atoms with Gasteiger partial charge in [-0.1, -0.05) is 19.1 Å². The minimum Gasteiger partial charge on any atom is -0.368 e. The van der Waals surface area contributed by atoms with E-state index in [1.807, 2.05) is 0 Å². The third-order valence-corrected chi connectivity index (χ3v) is 3.32. The second-order valence-electron chi connectivity index (χ2n) is 4.93. The normalized spacial score (nSPS) is 20.4. The Morgan fingerprint density at radius 3 is 3.11 bits per heavy atom. The van der Waals surface area contributed by atoms with Gasteiger partial charge in [-0.25, -0.2) is 4.39 Å². The zero-order chi connectivity index (χ0) is 13.7. The SMILES string of the molecule is CCCN1CCOC(C(=O)Cc2cccc(F)c2)C1. The van der Waals surface area contributed by atoms with E-state index in [-0.39, 0.29) is 24.1 Å². The molecular weight excluding hydrogens is 245 g/mol. The Morgan fingerprint density at radius 2 is 2.37 bits per heavy atom. The number of halogens is 1. The average Bonchev–Trinajstić information content (AvgIpc) is 2.39. The monoisotopic (exact) mass is 265 g/mol. The lowest BCUT2D eigenvalue weighted by Crippen LogP contribution is -2.46. The van der Waals surface area contributed by atoms with Gasteiger partial charge in [0.15, 0.2) is 5.78 Å². The summed E-state index contributed by atoms with van der Waals surface area (Å²) < 4.78 is 18.6. The molecule has 3 nitrogen and oxygen atoms in total. The summed E-state index contributed by atoms with van der Waals surface area (Å²) in [5.41, 5.74) is 0.709. The molecule has 4 heteroatoms. The topological polar surface area (TPSA) is 29.5 Å². The molecule has 0 spiro atoms. The number of ketones is 1. The van der Waals surface area contributed by atoms with Crippen LogP contribution in [-0.2, 0) is 16.0 Å². The van der Waals surface area contributed by atoms with Gasteiger partial charge >= 0.3 is 0 Å². The lowest BCUT2D eigenvalue weighted by atomic mass is 10.0. The number of nitrogens with zero attached hydrogens (tertiary/aromatic N) is 1. The van der Waals surface area contributed by atoms with Crippen molar-refractivity contribution in [3.63, 3.8) is 0 Å². The number of rotatable bonds is 5. The quantitative estimate of drug-likeness (QED) is 0.816. The highest BCUT2D eigenvalue weighted by Gasteiger charge is 2.25. The minimum absolute atomic E-state index is 0.0337. The van der Waals surface area contributed by atoms with Gasteiger partial charge in [0.2, 0.25) is 0 Å². The van der Waals surface area contributed by atoms with E-state index < -0.39 is 0 Å². The molecule has 1 fully saturated rings. The summed E-state index contributed by atoms with van der Waals surface area (Å²) in [6, 6.07) is 6.19. The van der Waals surface area contributed by atoms with Crippen molar-refractivity contribution in [1.82, 2.24) is 4.90 Å². The Bertz CT molecular complexity index is 434. The highest BCUT2D eigenvalue weighted by atomic mass is 19.1. The van der Waals surface area contributed by atoms with Gasteiger partial charge in [-0.15, -0.1) is 0 Å². The van der Waals surface area contributed by atoms with Crippen LogP contribution >= 0.6 is 0 Å². The van der Waals surface area contributed by atoms with E-state index in [4.69, 9.17) is 4.74 Å². The standard InChI is InChI=1S/C15H20FNO2/c1-2-6-17-7-8-19-15(11-17)14(18)10-12-4-3-5-13(16)9-12/h3-5,9,15H,2,6-8,10-11H2,1H3. The largest absolute Gasteiger partial charge is 0.368 e. The Balaban J connectivity index is 1.92. The number of benzene rings is 1. The molecule has 2 rings (SSSR count). The lowest BCUT2D eigenvalue weighted by molar-refractivity contribution is -0.135. The second kappa shape index (κ2) is 6.78. The molecule has 0 bridgehead atoms. The molecule has 0 N–H and O–H groups in total. The fourth-order valence-corrected chi connectivity index (χ4v) is 2.38. The van der Waals surface area contributed by atoms with Crippen LogP contribution in [0.15, 0.2) is 24.3 Å². The van der Waals surface area contributed by atoms with Crippen LogP contribution in [0.2, 0.25) is 0 Å². The number of carbonyl (C=O) groups is 1. The zero-order valence-electron chi connectivity index (χ0n) is 11.3.